The van der Waals surface area contributed by atoms with Crippen LogP contribution in [0.5, 0.6) is 0 Å². The van der Waals surface area contributed by atoms with Gasteiger partial charge in [-0.2, -0.15) is 0 Å². The second-order valence-electron chi connectivity index (χ2n) is 8.61. The van der Waals surface area contributed by atoms with E-state index in [2.05, 4.69) is 27.7 Å². The molecule has 0 fully saturated rings. The molecule has 1 atom stereocenters. The second-order valence-corrected chi connectivity index (χ2v) is 8.61. The SMILES string of the molecule is CCCCCCCCCCCCCCCCCCOC(C)CC(C)C. The van der Waals surface area contributed by atoms with Gasteiger partial charge in [0.05, 0.1) is 6.10 Å². The molecule has 0 saturated carbocycles. The summed E-state index contributed by atoms with van der Waals surface area (Å²) in [6.45, 7) is 10.0. The lowest BCUT2D eigenvalue weighted by Gasteiger charge is -2.14. The van der Waals surface area contributed by atoms with Crippen molar-refractivity contribution in [1.29, 1.82) is 0 Å². The van der Waals surface area contributed by atoms with Crippen LogP contribution in [0, 0.1) is 5.92 Å². The standard InChI is InChI=1S/C24H50O/c1-5-6-7-8-9-10-11-12-13-14-15-16-17-18-19-20-21-25-24(4)22-23(2)3/h23-24H,5-22H2,1-4H3. The predicted molar refractivity (Wildman–Crippen MR) is 114 cm³/mol. The van der Waals surface area contributed by atoms with Crippen LogP contribution in [0.4, 0.5) is 0 Å². The highest BCUT2D eigenvalue weighted by Crippen LogP contribution is 2.14. The Hall–Kier alpha value is -0.0400. The van der Waals surface area contributed by atoms with Crippen molar-refractivity contribution in [3.8, 4) is 0 Å². The molecule has 0 rings (SSSR count). The molecule has 0 aromatic rings. The van der Waals surface area contributed by atoms with Crippen LogP contribution in [0.25, 0.3) is 0 Å². The zero-order valence-corrected chi connectivity index (χ0v) is 18.3. The third-order valence-electron chi connectivity index (χ3n) is 5.20. The van der Waals surface area contributed by atoms with Crippen LogP contribution in [0.2, 0.25) is 0 Å². The van der Waals surface area contributed by atoms with Crippen LogP contribution < -0.4 is 0 Å². The Morgan fingerprint density at radius 2 is 0.880 bits per heavy atom. The second kappa shape index (κ2) is 20.3. The molecule has 1 nitrogen and oxygen atoms in total. The third kappa shape index (κ3) is 21.9. The number of hydrogen-bond donors (Lipinski definition) is 0. The number of hydrogen-bond acceptors (Lipinski definition) is 1. The smallest absolute Gasteiger partial charge is 0.0549 e. The molecule has 0 aliphatic rings. The van der Waals surface area contributed by atoms with Crippen molar-refractivity contribution in [3.05, 3.63) is 0 Å². The molecule has 0 aliphatic heterocycles. The highest BCUT2D eigenvalue weighted by molar-refractivity contribution is 4.54. The summed E-state index contributed by atoms with van der Waals surface area (Å²) in [6.07, 6.45) is 24.5. The van der Waals surface area contributed by atoms with E-state index in [1.165, 1.54) is 109 Å². The van der Waals surface area contributed by atoms with E-state index >= 15 is 0 Å². The van der Waals surface area contributed by atoms with E-state index in [4.69, 9.17) is 4.74 Å². The summed E-state index contributed by atoms with van der Waals surface area (Å²) < 4.78 is 5.87. The third-order valence-corrected chi connectivity index (χ3v) is 5.20. The molecule has 0 spiro atoms. The largest absolute Gasteiger partial charge is 0.379 e. The van der Waals surface area contributed by atoms with Crippen molar-refractivity contribution >= 4 is 0 Å². The minimum atomic E-state index is 0.441. The Bertz CT molecular complexity index is 236. The van der Waals surface area contributed by atoms with Gasteiger partial charge in [0.2, 0.25) is 0 Å². The first kappa shape index (κ1) is 25.0. The van der Waals surface area contributed by atoms with Crippen molar-refractivity contribution in [2.45, 2.75) is 143 Å². The van der Waals surface area contributed by atoms with Gasteiger partial charge in [-0.05, 0) is 25.7 Å². The Morgan fingerprint density at radius 1 is 0.520 bits per heavy atom. The first-order valence-corrected chi connectivity index (χ1v) is 11.8. The Morgan fingerprint density at radius 3 is 1.24 bits per heavy atom. The fourth-order valence-corrected chi connectivity index (χ4v) is 3.67. The van der Waals surface area contributed by atoms with E-state index in [1.54, 1.807) is 0 Å². The Balaban J connectivity index is 3.05. The molecular weight excluding hydrogens is 304 g/mol. The van der Waals surface area contributed by atoms with Crippen molar-refractivity contribution in [2.24, 2.45) is 5.92 Å². The molecule has 0 radical (unpaired) electrons. The van der Waals surface area contributed by atoms with Crippen LogP contribution in [0.3, 0.4) is 0 Å². The van der Waals surface area contributed by atoms with Crippen LogP contribution in [0.1, 0.15) is 137 Å². The van der Waals surface area contributed by atoms with E-state index in [1.807, 2.05) is 0 Å². The molecule has 0 aliphatic carbocycles. The van der Waals surface area contributed by atoms with Crippen LogP contribution >= 0.6 is 0 Å². The average Bonchev–Trinajstić information content (AvgIpc) is 2.57. The summed E-state index contributed by atoms with van der Waals surface area (Å²) in [5, 5.41) is 0. The van der Waals surface area contributed by atoms with Crippen LogP contribution in [-0.2, 0) is 4.74 Å². The van der Waals surface area contributed by atoms with E-state index < -0.39 is 0 Å². The zero-order valence-electron chi connectivity index (χ0n) is 18.3. The molecule has 1 unspecified atom stereocenters. The lowest BCUT2D eigenvalue weighted by atomic mass is 10.0. The van der Waals surface area contributed by atoms with Crippen molar-refractivity contribution in [2.75, 3.05) is 6.61 Å². The summed E-state index contributed by atoms with van der Waals surface area (Å²) in [7, 11) is 0. The minimum absolute atomic E-state index is 0.441. The topological polar surface area (TPSA) is 9.23 Å². The normalized spacial score (nSPS) is 12.8. The first-order chi connectivity index (χ1) is 12.2. The van der Waals surface area contributed by atoms with Crippen molar-refractivity contribution < 1.29 is 4.74 Å². The maximum Gasteiger partial charge on any atom is 0.0549 e. The Kier molecular flexibility index (Phi) is 20.2. The molecule has 0 aromatic carbocycles. The number of ether oxygens (including phenoxy) is 1. The maximum absolute atomic E-state index is 5.87. The van der Waals surface area contributed by atoms with Gasteiger partial charge >= 0.3 is 0 Å². The zero-order chi connectivity index (χ0) is 18.6. The number of rotatable bonds is 20. The molecule has 0 heterocycles. The molecule has 0 amide bonds. The molecular formula is C24H50O. The summed E-state index contributed by atoms with van der Waals surface area (Å²) in [4.78, 5) is 0. The summed E-state index contributed by atoms with van der Waals surface area (Å²) >= 11 is 0. The van der Waals surface area contributed by atoms with E-state index in [9.17, 15) is 0 Å². The lowest BCUT2D eigenvalue weighted by Crippen LogP contribution is -2.12. The van der Waals surface area contributed by atoms with E-state index in [0.29, 0.717) is 6.10 Å². The van der Waals surface area contributed by atoms with Crippen LogP contribution in [-0.4, -0.2) is 12.7 Å². The van der Waals surface area contributed by atoms with Gasteiger partial charge in [0.25, 0.3) is 0 Å². The van der Waals surface area contributed by atoms with Gasteiger partial charge < -0.3 is 4.74 Å². The number of unbranched alkanes of at least 4 members (excludes halogenated alkanes) is 15. The quantitative estimate of drug-likeness (QED) is 0.199. The van der Waals surface area contributed by atoms with E-state index in [-0.39, 0.29) is 0 Å². The summed E-state index contributed by atoms with van der Waals surface area (Å²) in [5.41, 5.74) is 0. The molecule has 0 N–H and O–H groups in total. The van der Waals surface area contributed by atoms with Gasteiger partial charge in [0.15, 0.2) is 0 Å². The molecule has 25 heavy (non-hydrogen) atoms. The highest BCUT2D eigenvalue weighted by Gasteiger charge is 2.04. The fraction of sp³-hybridized carbons (Fsp3) is 1.00. The van der Waals surface area contributed by atoms with Gasteiger partial charge in [0.1, 0.15) is 0 Å². The molecule has 0 bridgehead atoms. The molecule has 0 saturated heterocycles. The van der Waals surface area contributed by atoms with Crippen LogP contribution in [0.15, 0.2) is 0 Å². The van der Waals surface area contributed by atoms with Gasteiger partial charge in [-0.25, -0.2) is 0 Å². The van der Waals surface area contributed by atoms with Crippen molar-refractivity contribution in [3.63, 3.8) is 0 Å². The maximum atomic E-state index is 5.87. The van der Waals surface area contributed by atoms with Gasteiger partial charge in [-0.1, -0.05) is 117 Å². The van der Waals surface area contributed by atoms with Gasteiger partial charge in [-0.15, -0.1) is 0 Å². The summed E-state index contributed by atoms with van der Waals surface area (Å²) in [6, 6.07) is 0. The molecule has 0 aromatic heterocycles. The first-order valence-electron chi connectivity index (χ1n) is 11.8. The summed E-state index contributed by atoms with van der Waals surface area (Å²) in [5.74, 6) is 0.751. The lowest BCUT2D eigenvalue weighted by molar-refractivity contribution is 0.0494. The van der Waals surface area contributed by atoms with Gasteiger partial charge in [0, 0.05) is 6.61 Å². The van der Waals surface area contributed by atoms with Crippen molar-refractivity contribution in [1.82, 2.24) is 0 Å². The predicted octanol–water partition coefficient (Wildman–Crippen LogP) is 8.70. The minimum Gasteiger partial charge on any atom is -0.379 e. The average molecular weight is 355 g/mol. The monoisotopic (exact) mass is 354 g/mol. The Labute approximate surface area is 160 Å². The highest BCUT2D eigenvalue weighted by atomic mass is 16.5. The molecule has 1 heteroatoms. The van der Waals surface area contributed by atoms with E-state index in [0.717, 1.165) is 12.5 Å². The van der Waals surface area contributed by atoms with Gasteiger partial charge in [-0.3, -0.25) is 0 Å². The molecule has 152 valence electrons. The fourth-order valence-electron chi connectivity index (χ4n) is 3.67.